The maximum Gasteiger partial charge on any atom is 0.133 e. The van der Waals surface area contributed by atoms with Crippen molar-refractivity contribution in [3.05, 3.63) is 71.6 Å². The molecule has 0 bridgehead atoms. The van der Waals surface area contributed by atoms with E-state index in [-0.39, 0.29) is 0 Å². The van der Waals surface area contributed by atoms with E-state index in [4.69, 9.17) is 0 Å². The van der Waals surface area contributed by atoms with E-state index < -0.39 is 0 Å². The second-order valence-electron chi connectivity index (χ2n) is 7.21. The minimum absolute atomic E-state index is 0.602. The Hall–Kier alpha value is -3.28. The van der Waals surface area contributed by atoms with Crippen molar-refractivity contribution in [1.82, 2.24) is 10.0 Å². The van der Waals surface area contributed by atoms with Gasteiger partial charge in [-0.05, 0) is 42.3 Å². The fourth-order valence-electron chi connectivity index (χ4n) is 2.76. The molecule has 1 heterocycles. The van der Waals surface area contributed by atoms with Gasteiger partial charge in [0.1, 0.15) is 6.67 Å². The highest BCUT2D eigenvalue weighted by atomic mass is 15.6. The van der Waals surface area contributed by atoms with E-state index in [1.54, 1.807) is 0 Å². The number of nitrogens with zero attached hydrogens (tertiary/aromatic N) is 6. The van der Waals surface area contributed by atoms with Gasteiger partial charge < -0.3 is 9.80 Å². The highest BCUT2D eigenvalue weighted by molar-refractivity contribution is 5.81. The number of allylic oxidation sites excluding steroid dienone is 1. The predicted octanol–water partition coefficient (Wildman–Crippen LogP) is 3.62. The summed E-state index contributed by atoms with van der Waals surface area (Å²) in [6.45, 7) is 2.64. The maximum atomic E-state index is 4.59. The van der Waals surface area contributed by atoms with Crippen LogP contribution in [-0.4, -0.2) is 57.3 Å². The van der Waals surface area contributed by atoms with Gasteiger partial charge in [0.25, 0.3) is 0 Å². The second-order valence-corrected chi connectivity index (χ2v) is 7.21. The second kappa shape index (κ2) is 8.61. The summed E-state index contributed by atoms with van der Waals surface area (Å²) in [7, 11) is 8.14. The van der Waals surface area contributed by atoms with Crippen LogP contribution in [0.5, 0.6) is 0 Å². The van der Waals surface area contributed by atoms with Crippen LogP contribution in [0.1, 0.15) is 18.1 Å². The van der Waals surface area contributed by atoms with Crippen molar-refractivity contribution < 1.29 is 0 Å². The van der Waals surface area contributed by atoms with Crippen LogP contribution in [0.15, 0.2) is 70.6 Å². The van der Waals surface area contributed by atoms with Gasteiger partial charge in [0.2, 0.25) is 0 Å². The Labute approximate surface area is 167 Å². The molecule has 0 saturated carbocycles. The highest BCUT2D eigenvalue weighted by Gasteiger charge is 2.15. The lowest BCUT2D eigenvalue weighted by molar-refractivity contribution is 0.273. The average molecular weight is 377 g/mol. The third kappa shape index (κ3) is 4.91. The lowest BCUT2D eigenvalue weighted by atomic mass is 10.2. The lowest BCUT2D eigenvalue weighted by Gasteiger charge is -2.15. The quantitative estimate of drug-likeness (QED) is 0.722. The van der Waals surface area contributed by atoms with Gasteiger partial charge >= 0.3 is 0 Å². The molecular formula is C22H28N6. The molecule has 6 nitrogen and oxygen atoms in total. The van der Waals surface area contributed by atoms with Crippen molar-refractivity contribution >= 4 is 23.8 Å². The molecule has 146 valence electrons. The van der Waals surface area contributed by atoms with E-state index in [0.29, 0.717) is 6.67 Å². The Balaban J connectivity index is 1.59. The van der Waals surface area contributed by atoms with E-state index >= 15 is 0 Å². The molecule has 3 rings (SSSR count). The molecule has 6 heteroatoms. The summed E-state index contributed by atoms with van der Waals surface area (Å²) < 4.78 is 0. The average Bonchev–Trinajstić information content (AvgIpc) is 3.05. The van der Waals surface area contributed by atoms with Gasteiger partial charge in [-0.1, -0.05) is 24.3 Å². The van der Waals surface area contributed by atoms with Crippen molar-refractivity contribution in [3.8, 4) is 0 Å². The summed E-state index contributed by atoms with van der Waals surface area (Å²) in [6, 6.07) is 16.6. The van der Waals surface area contributed by atoms with E-state index in [0.717, 1.165) is 16.8 Å². The van der Waals surface area contributed by atoms with Crippen LogP contribution >= 0.6 is 0 Å². The topological polar surface area (TPSA) is 37.7 Å². The molecular weight excluding hydrogens is 348 g/mol. The first kappa shape index (κ1) is 19.5. The highest BCUT2D eigenvalue weighted by Crippen LogP contribution is 2.17. The van der Waals surface area contributed by atoms with Crippen molar-refractivity contribution in [3.63, 3.8) is 0 Å². The monoisotopic (exact) mass is 376 g/mol. The summed E-state index contributed by atoms with van der Waals surface area (Å²) in [4.78, 5) is 4.16. The van der Waals surface area contributed by atoms with Gasteiger partial charge in [-0.3, -0.25) is 0 Å². The Morgan fingerprint density at radius 1 is 0.750 bits per heavy atom. The molecule has 0 N–H and O–H groups in total. The van der Waals surface area contributed by atoms with Gasteiger partial charge in [0.15, 0.2) is 0 Å². The molecule has 0 atom stereocenters. The zero-order valence-corrected chi connectivity index (χ0v) is 17.2. The molecule has 2 aromatic carbocycles. The van der Waals surface area contributed by atoms with E-state index in [1.807, 2.05) is 63.8 Å². The number of hydrogen-bond acceptors (Lipinski definition) is 6. The number of benzene rings is 2. The van der Waals surface area contributed by atoms with Gasteiger partial charge in [0.05, 0.1) is 18.1 Å². The largest absolute Gasteiger partial charge is 0.378 e. The molecule has 1 aliphatic heterocycles. The van der Waals surface area contributed by atoms with Crippen molar-refractivity contribution in [2.24, 2.45) is 10.2 Å². The lowest BCUT2D eigenvalue weighted by Crippen LogP contribution is -2.19. The number of rotatable bonds is 6. The summed E-state index contributed by atoms with van der Waals surface area (Å²) in [5.41, 5.74) is 5.55. The number of hydrogen-bond donors (Lipinski definition) is 0. The van der Waals surface area contributed by atoms with Crippen LogP contribution in [0.3, 0.4) is 0 Å². The molecule has 0 spiro atoms. The smallest absolute Gasteiger partial charge is 0.133 e. The molecule has 0 fully saturated rings. The molecule has 0 aromatic heterocycles. The third-order valence-corrected chi connectivity index (χ3v) is 4.54. The molecule has 1 aliphatic rings. The van der Waals surface area contributed by atoms with E-state index in [9.17, 15) is 0 Å². The standard InChI is InChI=1S/C22H28N6/c1-18-16-27(23-14-19-6-10-21(11-7-19)25(2)3)17-28(18)24-15-20-8-12-22(13-9-20)26(4)5/h6-16H,17H2,1-5H3. The van der Waals surface area contributed by atoms with Gasteiger partial charge in [0, 0.05) is 45.8 Å². The Morgan fingerprint density at radius 2 is 1.21 bits per heavy atom. The molecule has 28 heavy (non-hydrogen) atoms. The van der Waals surface area contributed by atoms with Crippen molar-refractivity contribution in [1.29, 1.82) is 0 Å². The number of hydrazone groups is 2. The first-order chi connectivity index (χ1) is 13.4. The minimum Gasteiger partial charge on any atom is -0.378 e. The zero-order valence-electron chi connectivity index (χ0n) is 17.2. The minimum atomic E-state index is 0.602. The third-order valence-electron chi connectivity index (χ3n) is 4.54. The normalized spacial score (nSPS) is 14.2. The van der Waals surface area contributed by atoms with Crippen LogP contribution in [0.4, 0.5) is 11.4 Å². The zero-order chi connectivity index (χ0) is 20.1. The summed E-state index contributed by atoms with van der Waals surface area (Å²) in [5, 5.41) is 13.0. The first-order valence-corrected chi connectivity index (χ1v) is 9.28. The van der Waals surface area contributed by atoms with Gasteiger partial charge in [-0.25, -0.2) is 10.0 Å². The molecule has 0 aliphatic carbocycles. The van der Waals surface area contributed by atoms with Crippen LogP contribution < -0.4 is 9.80 Å². The SMILES string of the molecule is CC1=CN(N=Cc2ccc(N(C)C)cc2)CN1N=Cc1ccc(N(C)C)cc1. The van der Waals surface area contributed by atoms with Crippen LogP contribution in [-0.2, 0) is 0 Å². The molecule has 0 amide bonds. The Kier molecular flexibility index (Phi) is 5.99. The van der Waals surface area contributed by atoms with Crippen LogP contribution in [0, 0.1) is 0 Å². The van der Waals surface area contributed by atoms with Crippen LogP contribution in [0.2, 0.25) is 0 Å². The van der Waals surface area contributed by atoms with Crippen molar-refractivity contribution in [2.45, 2.75) is 6.92 Å². The molecule has 2 aromatic rings. The fraction of sp³-hybridized carbons (Fsp3) is 0.273. The molecule has 0 saturated heterocycles. The van der Waals surface area contributed by atoms with E-state index in [2.05, 4.69) is 68.5 Å². The van der Waals surface area contributed by atoms with E-state index in [1.165, 1.54) is 11.4 Å². The maximum absolute atomic E-state index is 4.59. The fourth-order valence-corrected chi connectivity index (χ4v) is 2.76. The Bertz CT molecular complexity index is 863. The summed E-state index contributed by atoms with van der Waals surface area (Å²) in [5.74, 6) is 0. The van der Waals surface area contributed by atoms with Crippen LogP contribution in [0.25, 0.3) is 0 Å². The van der Waals surface area contributed by atoms with Gasteiger partial charge in [-0.2, -0.15) is 10.2 Å². The first-order valence-electron chi connectivity index (χ1n) is 9.28. The number of anilines is 2. The summed E-state index contributed by atoms with van der Waals surface area (Å²) >= 11 is 0. The van der Waals surface area contributed by atoms with Gasteiger partial charge in [-0.15, -0.1) is 0 Å². The molecule has 0 unspecified atom stereocenters. The Morgan fingerprint density at radius 3 is 1.68 bits per heavy atom. The predicted molar refractivity (Wildman–Crippen MR) is 119 cm³/mol. The summed E-state index contributed by atoms with van der Waals surface area (Å²) in [6.07, 6.45) is 5.75. The molecule has 0 radical (unpaired) electrons. The van der Waals surface area contributed by atoms with Crippen molar-refractivity contribution in [2.75, 3.05) is 44.7 Å².